The lowest BCUT2D eigenvalue weighted by atomic mass is 9.84. The maximum atomic E-state index is 13.1. The number of nitrogens with zero attached hydrogens (tertiary/aromatic N) is 1. The lowest BCUT2D eigenvalue weighted by Gasteiger charge is -2.38. The number of hydrogen-bond acceptors (Lipinski definition) is 2. The minimum atomic E-state index is -2.51. The number of carboxylic acid groups (broad SMARTS) is 1. The summed E-state index contributed by atoms with van der Waals surface area (Å²) in [6, 6.07) is -0.0197. The Balaban J connectivity index is 1.84. The predicted octanol–water partition coefficient (Wildman–Crippen LogP) is 2.54. The number of halogens is 2. The van der Waals surface area contributed by atoms with Gasteiger partial charge in [-0.25, -0.2) is 13.6 Å². The van der Waals surface area contributed by atoms with Crippen LogP contribution in [0.15, 0.2) is 0 Å². The van der Waals surface area contributed by atoms with Crippen LogP contribution in [0.2, 0.25) is 0 Å². The van der Waals surface area contributed by atoms with Crippen molar-refractivity contribution in [2.75, 3.05) is 19.6 Å². The topological polar surface area (TPSA) is 52.6 Å². The van der Waals surface area contributed by atoms with Crippen LogP contribution < -0.4 is 5.32 Å². The van der Waals surface area contributed by atoms with Crippen LogP contribution in [0.4, 0.5) is 13.6 Å². The molecule has 1 aliphatic carbocycles. The van der Waals surface area contributed by atoms with Crippen molar-refractivity contribution >= 4 is 6.09 Å². The van der Waals surface area contributed by atoms with Crippen LogP contribution in [-0.2, 0) is 0 Å². The second-order valence-electron chi connectivity index (χ2n) is 5.76. The Labute approximate surface area is 112 Å². The highest BCUT2D eigenvalue weighted by Gasteiger charge is 2.36. The third-order valence-corrected chi connectivity index (χ3v) is 4.30. The molecule has 1 saturated carbocycles. The van der Waals surface area contributed by atoms with Crippen LogP contribution in [0, 0.1) is 5.92 Å². The number of hydrogen-bond donors (Lipinski definition) is 2. The van der Waals surface area contributed by atoms with E-state index in [1.165, 1.54) is 0 Å². The molecule has 0 radical (unpaired) electrons. The summed E-state index contributed by atoms with van der Waals surface area (Å²) in [7, 11) is 0. The Kier molecular flexibility index (Phi) is 4.60. The van der Waals surface area contributed by atoms with Crippen molar-refractivity contribution in [3.8, 4) is 0 Å². The van der Waals surface area contributed by atoms with E-state index in [4.69, 9.17) is 5.11 Å². The third-order valence-electron chi connectivity index (χ3n) is 4.30. The minimum absolute atomic E-state index is 0.0197. The van der Waals surface area contributed by atoms with E-state index in [-0.39, 0.29) is 24.8 Å². The molecule has 110 valence electrons. The summed E-state index contributed by atoms with van der Waals surface area (Å²) < 4.78 is 26.2. The maximum absolute atomic E-state index is 13.1. The molecule has 1 amide bonds. The van der Waals surface area contributed by atoms with Gasteiger partial charge in [0.15, 0.2) is 0 Å². The highest BCUT2D eigenvalue weighted by molar-refractivity contribution is 5.64. The molecule has 2 N–H and O–H groups in total. The number of carbonyl (C=O) groups is 1. The van der Waals surface area contributed by atoms with E-state index >= 15 is 0 Å². The summed E-state index contributed by atoms with van der Waals surface area (Å²) >= 11 is 0. The highest BCUT2D eigenvalue weighted by atomic mass is 19.3. The van der Waals surface area contributed by atoms with Gasteiger partial charge in [0, 0.05) is 38.5 Å². The lowest BCUT2D eigenvalue weighted by Crippen LogP contribution is -2.48. The van der Waals surface area contributed by atoms with Gasteiger partial charge in [0.2, 0.25) is 0 Å². The molecule has 0 aromatic heterocycles. The average molecular weight is 276 g/mol. The molecule has 0 bridgehead atoms. The zero-order valence-corrected chi connectivity index (χ0v) is 11.1. The Morgan fingerprint density at radius 2 is 1.89 bits per heavy atom. The van der Waals surface area contributed by atoms with Gasteiger partial charge in [-0.05, 0) is 18.8 Å². The monoisotopic (exact) mass is 276 g/mol. The molecule has 2 fully saturated rings. The predicted molar refractivity (Wildman–Crippen MR) is 67.5 cm³/mol. The summed E-state index contributed by atoms with van der Waals surface area (Å²) in [5.41, 5.74) is 0. The van der Waals surface area contributed by atoms with Gasteiger partial charge in [0.1, 0.15) is 0 Å². The zero-order valence-electron chi connectivity index (χ0n) is 11.1. The molecule has 6 heteroatoms. The molecule has 0 aromatic carbocycles. The Morgan fingerprint density at radius 1 is 1.26 bits per heavy atom. The number of nitrogens with one attached hydrogen (secondary N) is 1. The molecule has 0 aromatic rings. The van der Waals surface area contributed by atoms with Crippen molar-refractivity contribution < 1.29 is 18.7 Å². The average Bonchev–Trinajstić information content (AvgIpc) is 2.33. The van der Waals surface area contributed by atoms with Gasteiger partial charge in [-0.3, -0.25) is 0 Å². The van der Waals surface area contributed by atoms with Crippen molar-refractivity contribution in [2.24, 2.45) is 5.92 Å². The number of likely N-dealkylation sites (tertiary alicyclic amines) is 1. The molecular weight excluding hydrogens is 254 g/mol. The summed E-state index contributed by atoms with van der Waals surface area (Å²) in [5, 5.41) is 11.4. The molecule has 2 aliphatic rings. The Morgan fingerprint density at radius 3 is 2.53 bits per heavy atom. The normalized spacial score (nSPS) is 31.9. The van der Waals surface area contributed by atoms with Crippen LogP contribution in [0.1, 0.15) is 38.5 Å². The lowest BCUT2D eigenvalue weighted by molar-refractivity contribution is -0.0586. The van der Waals surface area contributed by atoms with E-state index in [1.807, 2.05) is 0 Å². The van der Waals surface area contributed by atoms with Gasteiger partial charge >= 0.3 is 6.09 Å². The summed E-state index contributed by atoms with van der Waals surface area (Å²) in [6.45, 7) is 1.58. The molecule has 4 nitrogen and oxygen atoms in total. The highest BCUT2D eigenvalue weighted by Crippen LogP contribution is 2.30. The first-order valence-electron chi connectivity index (χ1n) is 7.06. The van der Waals surface area contributed by atoms with Gasteiger partial charge < -0.3 is 15.3 Å². The van der Waals surface area contributed by atoms with Gasteiger partial charge in [-0.2, -0.15) is 0 Å². The van der Waals surface area contributed by atoms with E-state index in [9.17, 15) is 13.6 Å². The number of amides is 1. The number of rotatable bonds is 3. The fraction of sp³-hybridized carbons (Fsp3) is 0.923. The first kappa shape index (κ1) is 14.5. The fourth-order valence-electron chi connectivity index (χ4n) is 3.17. The molecule has 1 saturated heterocycles. The van der Waals surface area contributed by atoms with Crippen LogP contribution in [0.3, 0.4) is 0 Å². The number of alkyl halides is 2. The van der Waals surface area contributed by atoms with Crippen LogP contribution in [0.5, 0.6) is 0 Å². The molecule has 2 atom stereocenters. The fourth-order valence-corrected chi connectivity index (χ4v) is 3.17. The standard InChI is InChI=1S/C13H22F2N2O2/c14-13(15)5-7-17(8-6-13)9-10-3-1-2-4-11(10)16-12(18)19/h10-11,16H,1-9H2,(H,18,19)/t10-,11+/m0/s1. The van der Waals surface area contributed by atoms with Gasteiger partial charge in [-0.1, -0.05) is 12.8 Å². The van der Waals surface area contributed by atoms with Crippen molar-refractivity contribution in [3.63, 3.8) is 0 Å². The van der Waals surface area contributed by atoms with Gasteiger partial charge in [0.05, 0.1) is 0 Å². The molecule has 0 spiro atoms. The zero-order chi connectivity index (χ0) is 13.9. The first-order valence-corrected chi connectivity index (χ1v) is 7.06. The van der Waals surface area contributed by atoms with Crippen molar-refractivity contribution in [2.45, 2.75) is 50.5 Å². The second kappa shape index (κ2) is 6.03. The summed E-state index contributed by atoms with van der Waals surface area (Å²) in [4.78, 5) is 12.8. The third kappa shape index (κ3) is 4.30. The molecule has 1 heterocycles. The molecule has 19 heavy (non-hydrogen) atoms. The summed E-state index contributed by atoms with van der Waals surface area (Å²) in [5.74, 6) is -2.25. The molecule has 0 unspecified atom stereocenters. The maximum Gasteiger partial charge on any atom is 0.404 e. The van der Waals surface area contributed by atoms with E-state index in [2.05, 4.69) is 10.2 Å². The van der Waals surface area contributed by atoms with E-state index < -0.39 is 12.0 Å². The molecular formula is C13H22F2N2O2. The van der Waals surface area contributed by atoms with Crippen molar-refractivity contribution in [1.82, 2.24) is 10.2 Å². The first-order chi connectivity index (χ1) is 8.96. The Bertz CT molecular complexity index is 316. The van der Waals surface area contributed by atoms with Crippen LogP contribution >= 0.6 is 0 Å². The van der Waals surface area contributed by atoms with E-state index in [0.717, 1.165) is 32.2 Å². The number of piperidine rings is 1. The smallest absolute Gasteiger partial charge is 0.404 e. The van der Waals surface area contributed by atoms with E-state index in [0.29, 0.717) is 13.1 Å². The van der Waals surface area contributed by atoms with Crippen molar-refractivity contribution in [3.05, 3.63) is 0 Å². The van der Waals surface area contributed by atoms with Crippen LogP contribution in [0.25, 0.3) is 0 Å². The minimum Gasteiger partial charge on any atom is -0.465 e. The van der Waals surface area contributed by atoms with E-state index in [1.54, 1.807) is 0 Å². The Hall–Kier alpha value is -0.910. The van der Waals surface area contributed by atoms with Crippen LogP contribution in [-0.4, -0.2) is 47.7 Å². The SMILES string of the molecule is O=C(O)N[C@@H]1CCCC[C@H]1CN1CCC(F)(F)CC1. The summed E-state index contributed by atoms with van der Waals surface area (Å²) in [6.07, 6.45) is 2.86. The largest absolute Gasteiger partial charge is 0.465 e. The second-order valence-corrected chi connectivity index (χ2v) is 5.76. The quantitative estimate of drug-likeness (QED) is 0.833. The van der Waals surface area contributed by atoms with Crippen molar-refractivity contribution in [1.29, 1.82) is 0 Å². The van der Waals surface area contributed by atoms with Gasteiger partial charge in [-0.15, -0.1) is 0 Å². The molecule has 2 rings (SSSR count). The van der Waals surface area contributed by atoms with Gasteiger partial charge in [0.25, 0.3) is 5.92 Å². The molecule has 1 aliphatic heterocycles.